The first-order valence-electron chi connectivity index (χ1n) is 17.2. The number of aromatic nitrogens is 4. The molecule has 0 saturated heterocycles. The van der Waals surface area contributed by atoms with E-state index in [0.29, 0.717) is 13.0 Å². The molecule has 58 heavy (non-hydrogen) atoms. The topological polar surface area (TPSA) is 115 Å². The number of nitrogens with zero attached hydrogens (tertiary/aromatic N) is 4. The second-order valence-electron chi connectivity index (χ2n) is 11.4. The molecule has 0 aliphatic carbocycles. The van der Waals surface area contributed by atoms with Crippen LogP contribution in [-0.4, -0.2) is 37.6 Å². The molecule has 0 spiro atoms. The molecule has 7 aromatic rings. The molecule has 0 amide bonds. The minimum atomic E-state index is -10.7. The largest absolute Gasteiger partial charge is 1.00 e. The maximum Gasteiger partial charge on any atom is 1.00 e. The van der Waals surface area contributed by atoms with E-state index in [0.717, 1.165) is 22.8 Å². The zero-order valence-electron chi connectivity index (χ0n) is 30.8. The van der Waals surface area contributed by atoms with Crippen LogP contribution in [0.5, 0.6) is 0 Å². The fourth-order valence-corrected chi connectivity index (χ4v) is 6.79. The molecule has 0 fully saturated rings. The minimum absolute atomic E-state index is 0. The molecule has 3 N–H and O–H groups in total. The number of carboxylic acid groups (broad SMARTS) is 1. The van der Waals surface area contributed by atoms with Crippen LogP contribution in [-0.2, 0) is 24.3 Å². The Balaban J connectivity index is 0.000000263. The van der Waals surface area contributed by atoms with Crippen LogP contribution in [0, 0.1) is 0 Å². The van der Waals surface area contributed by atoms with E-state index >= 15 is 0 Å². The Morgan fingerprint density at radius 3 is 0.897 bits per heavy atom. The van der Waals surface area contributed by atoms with Crippen LogP contribution in [0.2, 0.25) is 0 Å². The van der Waals surface area contributed by atoms with Gasteiger partial charge in [-0.15, -0.1) is 0 Å². The van der Waals surface area contributed by atoms with Gasteiger partial charge in [-0.25, -0.2) is 0 Å². The number of rotatable bonds is 8. The monoisotopic (exact) mass is 924 g/mol. The summed E-state index contributed by atoms with van der Waals surface area (Å²) in [5, 5.41) is 12.2. The Kier molecular flexibility index (Phi) is 20.1. The number of benzene rings is 3. The van der Waals surface area contributed by atoms with Gasteiger partial charge in [0.15, 0.2) is 0 Å². The third-order valence-electron chi connectivity index (χ3n) is 6.82. The van der Waals surface area contributed by atoms with Gasteiger partial charge in [0.25, 0.3) is 0 Å². The van der Waals surface area contributed by atoms with Crippen molar-refractivity contribution in [3.05, 3.63) is 189 Å². The number of nitrogens with two attached hydrogens (primary N) is 1. The van der Waals surface area contributed by atoms with Crippen molar-refractivity contribution in [2.75, 3.05) is 6.54 Å². The molecule has 0 unspecified atom stereocenters. The van der Waals surface area contributed by atoms with Gasteiger partial charge >= 0.3 is 58.4 Å². The maximum absolute atomic E-state index is 10.7. The van der Waals surface area contributed by atoms with Crippen LogP contribution in [0.1, 0.15) is 12.8 Å². The minimum Gasteiger partial charge on any atom is -0.481 e. The first-order valence-corrected chi connectivity index (χ1v) is 20.6. The third-order valence-corrected chi connectivity index (χ3v) is 9.27. The van der Waals surface area contributed by atoms with Gasteiger partial charge in [-0.05, 0) is 85.3 Å². The van der Waals surface area contributed by atoms with Gasteiger partial charge in [0.1, 0.15) is 0 Å². The predicted octanol–water partition coefficient (Wildman–Crippen LogP) is 10.9. The molecule has 0 saturated carbocycles. The summed E-state index contributed by atoms with van der Waals surface area (Å²) >= 11 is 0. The standard InChI is InChI=1S/C18H15P.2C10H8N2.C4H9NO2.F6P.Ru/c1-4-10-16(11-5-1)19(17-12-6-2-7-13-17)18-14-8-3-9-15-18;2*1-3-7-11-9(5-1)10-6-2-4-8-12-10;5-3-1-2-4(6)7;1-7(2,3,4,5)6;/h1-15H;2*1-8H;1-3,5H2,(H,6,7);;/q;;;;-1;+1. The van der Waals surface area contributed by atoms with Gasteiger partial charge in [-0.3, -0.25) is 24.7 Å². The van der Waals surface area contributed by atoms with Crippen molar-refractivity contribution < 1.29 is 54.6 Å². The number of aliphatic carboxylic acids is 1. The second-order valence-corrected chi connectivity index (χ2v) is 15.6. The van der Waals surface area contributed by atoms with E-state index in [-0.39, 0.29) is 25.9 Å². The average molecular weight is 924 g/mol. The van der Waals surface area contributed by atoms with E-state index in [1.165, 1.54) is 15.9 Å². The van der Waals surface area contributed by atoms with E-state index in [2.05, 4.69) is 111 Å². The molecule has 4 aromatic heterocycles. The van der Waals surface area contributed by atoms with E-state index < -0.39 is 21.7 Å². The first kappa shape index (κ1) is 48.9. The van der Waals surface area contributed by atoms with Crippen LogP contribution in [0.3, 0.4) is 0 Å². The molecule has 0 atom stereocenters. The van der Waals surface area contributed by atoms with E-state index in [1.54, 1.807) is 24.8 Å². The molecule has 0 aliphatic rings. The van der Waals surface area contributed by atoms with Gasteiger partial charge in [-0.2, -0.15) is 0 Å². The van der Waals surface area contributed by atoms with Crippen molar-refractivity contribution in [1.82, 2.24) is 19.9 Å². The maximum atomic E-state index is 9.87. The van der Waals surface area contributed by atoms with Crippen molar-refractivity contribution >= 4 is 37.6 Å². The van der Waals surface area contributed by atoms with Crippen LogP contribution in [0.15, 0.2) is 189 Å². The molecule has 16 heteroatoms. The molecule has 4 heterocycles. The van der Waals surface area contributed by atoms with Gasteiger partial charge in [0.05, 0.1) is 22.8 Å². The zero-order chi connectivity index (χ0) is 41.5. The van der Waals surface area contributed by atoms with Gasteiger partial charge < -0.3 is 10.8 Å². The first-order chi connectivity index (χ1) is 27.1. The van der Waals surface area contributed by atoms with E-state index in [4.69, 9.17) is 10.8 Å². The number of carboxylic acids is 1. The fourth-order valence-electron chi connectivity index (χ4n) is 4.49. The fraction of sp³-hybridized carbons (Fsp3) is 0.0714. The van der Waals surface area contributed by atoms with Crippen LogP contribution in [0.25, 0.3) is 22.8 Å². The summed E-state index contributed by atoms with van der Waals surface area (Å²) in [5.74, 6) is -0.773. The Bertz CT molecular complexity index is 1890. The molecule has 0 aliphatic heterocycles. The SMILES string of the molecule is F[P-](F)(F)(F)(F)F.NCCCC(=O)O.[Ru+].c1ccc(-c2ccccn2)nc1.c1ccc(-c2ccccn2)nc1.c1ccc(P(c2ccccc2)c2ccccc2)cc1. The quantitative estimate of drug-likeness (QED) is 0.0886. The average Bonchev–Trinajstić information content (AvgIpc) is 3.22. The molecular weight excluding hydrogens is 884 g/mol. The summed E-state index contributed by atoms with van der Waals surface area (Å²) in [5.41, 5.74) is 8.67. The summed E-state index contributed by atoms with van der Waals surface area (Å²) in [6, 6.07) is 55.5. The van der Waals surface area contributed by atoms with E-state index in [9.17, 15) is 30.0 Å². The normalized spacial score (nSPS) is 11.3. The van der Waals surface area contributed by atoms with Gasteiger partial charge in [0.2, 0.25) is 0 Å². The summed E-state index contributed by atoms with van der Waals surface area (Å²) < 4.78 is 59.2. The molecule has 7 nitrogen and oxygen atoms in total. The Morgan fingerprint density at radius 1 is 0.483 bits per heavy atom. The summed E-state index contributed by atoms with van der Waals surface area (Å²) in [7, 11) is -11.1. The summed E-state index contributed by atoms with van der Waals surface area (Å²) in [6.07, 6.45) is 7.84. The van der Waals surface area contributed by atoms with Crippen LogP contribution < -0.4 is 21.6 Å². The number of hydrogen-bond donors (Lipinski definition) is 2. The Hall–Kier alpha value is -5.25. The summed E-state index contributed by atoms with van der Waals surface area (Å²) in [4.78, 5) is 26.4. The van der Waals surface area contributed by atoms with Crippen molar-refractivity contribution in [1.29, 1.82) is 0 Å². The molecule has 305 valence electrons. The van der Waals surface area contributed by atoms with Gasteiger partial charge in [-0.1, -0.05) is 115 Å². The van der Waals surface area contributed by atoms with Crippen molar-refractivity contribution in [2.24, 2.45) is 5.73 Å². The van der Waals surface area contributed by atoms with Gasteiger partial charge in [0, 0.05) is 31.2 Å². The Labute approximate surface area is 347 Å². The molecular formula is C42H40F6N5O2P2Ru. The molecule has 3 aromatic carbocycles. The number of halogens is 6. The molecule has 0 bridgehead atoms. The predicted molar refractivity (Wildman–Crippen MR) is 220 cm³/mol. The number of pyridine rings is 4. The summed E-state index contributed by atoms with van der Waals surface area (Å²) in [6.45, 7) is 0.465. The zero-order valence-corrected chi connectivity index (χ0v) is 34.3. The molecule has 7 rings (SSSR count). The van der Waals surface area contributed by atoms with Crippen LogP contribution >= 0.6 is 15.7 Å². The van der Waals surface area contributed by atoms with Crippen molar-refractivity contribution in [3.63, 3.8) is 0 Å². The number of carbonyl (C=O) groups is 1. The smallest absolute Gasteiger partial charge is 0.481 e. The molecule has 1 radical (unpaired) electrons. The second kappa shape index (κ2) is 23.9. The van der Waals surface area contributed by atoms with Crippen molar-refractivity contribution in [3.8, 4) is 22.8 Å². The third kappa shape index (κ3) is 22.5. The Morgan fingerprint density at radius 2 is 0.724 bits per heavy atom. The van der Waals surface area contributed by atoms with Crippen LogP contribution in [0.4, 0.5) is 25.2 Å². The number of hydrogen-bond acceptors (Lipinski definition) is 6. The van der Waals surface area contributed by atoms with Crippen molar-refractivity contribution in [2.45, 2.75) is 12.8 Å². The van der Waals surface area contributed by atoms with E-state index in [1.807, 2.05) is 72.8 Å².